The molecule has 0 aromatic carbocycles. The van der Waals surface area contributed by atoms with Crippen LogP contribution in [0.5, 0.6) is 0 Å². The van der Waals surface area contributed by atoms with Gasteiger partial charge in [-0.3, -0.25) is 9.36 Å². The zero-order valence-corrected chi connectivity index (χ0v) is 11.7. The summed E-state index contributed by atoms with van der Waals surface area (Å²) in [5.41, 5.74) is 4.41. The van der Waals surface area contributed by atoms with Gasteiger partial charge in [0.25, 0.3) is 0 Å². The molecule has 18 heavy (non-hydrogen) atoms. The van der Waals surface area contributed by atoms with Crippen molar-refractivity contribution < 1.29 is 0 Å². The summed E-state index contributed by atoms with van der Waals surface area (Å²) in [7, 11) is 1.94. The summed E-state index contributed by atoms with van der Waals surface area (Å²) < 4.78 is 3.82. The average molecular weight is 247 g/mol. The first kappa shape index (κ1) is 12.7. The zero-order valence-electron chi connectivity index (χ0n) is 11.7. The third-order valence-corrected chi connectivity index (χ3v) is 3.03. The van der Waals surface area contributed by atoms with Gasteiger partial charge in [0.2, 0.25) is 0 Å². The minimum atomic E-state index is 0.388. The molecule has 2 aromatic rings. The van der Waals surface area contributed by atoms with Crippen LogP contribution in [0.15, 0.2) is 12.4 Å². The summed E-state index contributed by atoms with van der Waals surface area (Å²) in [5.74, 6) is 0. The molecule has 0 unspecified atom stereocenters. The fourth-order valence-electron chi connectivity index (χ4n) is 1.93. The highest BCUT2D eigenvalue weighted by atomic mass is 15.3. The normalized spacial score (nSPS) is 11.2. The first-order valence-corrected chi connectivity index (χ1v) is 6.26. The molecule has 0 amide bonds. The topological polar surface area (TPSA) is 47.7 Å². The van der Waals surface area contributed by atoms with E-state index in [9.17, 15) is 0 Å². The van der Waals surface area contributed by atoms with E-state index in [4.69, 9.17) is 0 Å². The lowest BCUT2D eigenvalue weighted by atomic mass is 10.2. The second-order valence-electron chi connectivity index (χ2n) is 4.97. The molecule has 2 aromatic heterocycles. The third kappa shape index (κ3) is 2.55. The molecule has 0 bridgehead atoms. The smallest absolute Gasteiger partial charge is 0.0825 e. The van der Waals surface area contributed by atoms with Gasteiger partial charge in [0, 0.05) is 37.6 Å². The van der Waals surface area contributed by atoms with Crippen molar-refractivity contribution >= 4 is 5.69 Å². The molecule has 0 aliphatic rings. The molecule has 2 rings (SSSR count). The standard InChI is InChI=1S/C13H21N5/c1-9(2)18-8-13(11(4)16-18)14-6-12-7-17(5)15-10(12)3/h7-9,14H,6H2,1-5H3. The maximum absolute atomic E-state index is 4.48. The lowest BCUT2D eigenvalue weighted by molar-refractivity contribution is 0.529. The largest absolute Gasteiger partial charge is 0.378 e. The summed E-state index contributed by atoms with van der Waals surface area (Å²) in [5, 5.41) is 12.2. The van der Waals surface area contributed by atoms with Gasteiger partial charge in [-0.25, -0.2) is 0 Å². The molecule has 0 aliphatic carbocycles. The second kappa shape index (κ2) is 4.84. The van der Waals surface area contributed by atoms with Crippen molar-refractivity contribution in [3.63, 3.8) is 0 Å². The van der Waals surface area contributed by atoms with E-state index in [1.165, 1.54) is 5.56 Å². The van der Waals surface area contributed by atoms with Crippen LogP contribution in [0.3, 0.4) is 0 Å². The molecule has 98 valence electrons. The molecule has 5 heteroatoms. The molecule has 0 atom stereocenters. The Morgan fingerprint density at radius 2 is 1.89 bits per heavy atom. The van der Waals surface area contributed by atoms with Gasteiger partial charge in [-0.15, -0.1) is 0 Å². The SMILES string of the molecule is Cc1nn(C)cc1CNc1cn(C(C)C)nc1C. The number of hydrogen-bond acceptors (Lipinski definition) is 3. The summed E-state index contributed by atoms with van der Waals surface area (Å²) in [4.78, 5) is 0. The molecule has 0 radical (unpaired) electrons. The highest BCUT2D eigenvalue weighted by molar-refractivity contribution is 5.46. The van der Waals surface area contributed by atoms with Gasteiger partial charge in [-0.05, 0) is 27.7 Å². The molecule has 0 aliphatic heterocycles. The predicted octanol–water partition coefficient (Wildman–Crippen LogP) is 2.43. The van der Waals surface area contributed by atoms with Crippen molar-refractivity contribution in [1.29, 1.82) is 0 Å². The van der Waals surface area contributed by atoms with Crippen molar-refractivity contribution in [2.24, 2.45) is 7.05 Å². The molecular formula is C13H21N5. The van der Waals surface area contributed by atoms with Crippen molar-refractivity contribution in [1.82, 2.24) is 19.6 Å². The van der Waals surface area contributed by atoms with Gasteiger partial charge < -0.3 is 5.32 Å². The summed E-state index contributed by atoms with van der Waals surface area (Å²) in [6.45, 7) is 9.09. The molecule has 2 heterocycles. The van der Waals surface area contributed by atoms with Crippen molar-refractivity contribution in [3.05, 3.63) is 29.3 Å². The lowest BCUT2D eigenvalue weighted by Gasteiger charge is -2.04. The van der Waals surface area contributed by atoms with Crippen LogP contribution < -0.4 is 5.32 Å². The van der Waals surface area contributed by atoms with Crippen molar-refractivity contribution in [2.45, 2.75) is 40.3 Å². The summed E-state index contributed by atoms with van der Waals surface area (Å²) in [6, 6.07) is 0.388. The number of nitrogens with zero attached hydrogens (tertiary/aromatic N) is 4. The molecule has 0 saturated carbocycles. The van der Waals surface area contributed by atoms with Crippen LogP contribution in [0, 0.1) is 13.8 Å². The monoisotopic (exact) mass is 247 g/mol. The lowest BCUT2D eigenvalue weighted by Crippen LogP contribution is -2.01. The van der Waals surface area contributed by atoms with Gasteiger partial charge in [0.15, 0.2) is 0 Å². The quantitative estimate of drug-likeness (QED) is 0.902. The van der Waals surface area contributed by atoms with Crippen LogP contribution in [0.25, 0.3) is 0 Å². The predicted molar refractivity (Wildman–Crippen MR) is 72.6 cm³/mol. The van der Waals surface area contributed by atoms with E-state index in [1.807, 2.05) is 36.5 Å². The first-order valence-electron chi connectivity index (χ1n) is 6.26. The van der Waals surface area contributed by atoms with Crippen LogP contribution in [-0.4, -0.2) is 19.6 Å². The maximum Gasteiger partial charge on any atom is 0.0825 e. The Kier molecular flexibility index (Phi) is 3.41. The molecular weight excluding hydrogens is 226 g/mol. The molecule has 5 nitrogen and oxygen atoms in total. The number of rotatable bonds is 4. The molecule has 0 fully saturated rings. The van der Waals surface area contributed by atoms with E-state index in [2.05, 4.69) is 35.6 Å². The van der Waals surface area contributed by atoms with Crippen molar-refractivity contribution in [3.8, 4) is 0 Å². The van der Waals surface area contributed by atoms with Crippen LogP contribution >= 0.6 is 0 Å². The fourth-order valence-corrected chi connectivity index (χ4v) is 1.93. The van der Waals surface area contributed by atoms with E-state index in [1.54, 1.807) is 0 Å². The number of anilines is 1. The van der Waals surface area contributed by atoms with Crippen LogP contribution in [0.4, 0.5) is 5.69 Å². The number of aryl methyl sites for hydroxylation is 3. The Bertz CT molecular complexity index is 536. The van der Waals surface area contributed by atoms with Gasteiger partial charge in [-0.2, -0.15) is 10.2 Å². The summed E-state index contributed by atoms with van der Waals surface area (Å²) in [6.07, 6.45) is 4.11. The number of aromatic nitrogens is 4. The van der Waals surface area contributed by atoms with Crippen LogP contribution in [-0.2, 0) is 13.6 Å². The molecule has 0 saturated heterocycles. The number of nitrogens with one attached hydrogen (secondary N) is 1. The van der Waals surface area contributed by atoms with E-state index in [-0.39, 0.29) is 0 Å². The van der Waals surface area contributed by atoms with E-state index >= 15 is 0 Å². The zero-order chi connectivity index (χ0) is 13.3. The minimum absolute atomic E-state index is 0.388. The fraction of sp³-hybridized carbons (Fsp3) is 0.538. The Labute approximate surface area is 108 Å². The first-order chi connectivity index (χ1) is 8.47. The van der Waals surface area contributed by atoms with E-state index in [0.29, 0.717) is 6.04 Å². The third-order valence-electron chi connectivity index (χ3n) is 3.03. The Morgan fingerprint density at radius 1 is 1.17 bits per heavy atom. The van der Waals surface area contributed by atoms with Gasteiger partial charge in [0.1, 0.15) is 0 Å². The Morgan fingerprint density at radius 3 is 2.39 bits per heavy atom. The minimum Gasteiger partial charge on any atom is -0.378 e. The van der Waals surface area contributed by atoms with Gasteiger partial charge in [-0.1, -0.05) is 0 Å². The molecule has 0 spiro atoms. The van der Waals surface area contributed by atoms with Gasteiger partial charge >= 0.3 is 0 Å². The average Bonchev–Trinajstić information content (AvgIpc) is 2.79. The van der Waals surface area contributed by atoms with E-state index in [0.717, 1.165) is 23.6 Å². The second-order valence-corrected chi connectivity index (χ2v) is 4.97. The van der Waals surface area contributed by atoms with Crippen LogP contribution in [0.1, 0.15) is 36.8 Å². The summed E-state index contributed by atoms with van der Waals surface area (Å²) >= 11 is 0. The van der Waals surface area contributed by atoms with E-state index < -0.39 is 0 Å². The van der Waals surface area contributed by atoms with Gasteiger partial charge in [0.05, 0.1) is 17.1 Å². The Hall–Kier alpha value is -1.78. The van der Waals surface area contributed by atoms with Crippen LogP contribution in [0.2, 0.25) is 0 Å². The highest BCUT2D eigenvalue weighted by Crippen LogP contribution is 2.17. The molecule has 1 N–H and O–H groups in total. The van der Waals surface area contributed by atoms with Crippen molar-refractivity contribution in [2.75, 3.05) is 5.32 Å². The maximum atomic E-state index is 4.48. The Balaban J connectivity index is 2.08. The number of hydrogen-bond donors (Lipinski definition) is 1. The highest BCUT2D eigenvalue weighted by Gasteiger charge is 2.08.